The van der Waals surface area contributed by atoms with Gasteiger partial charge in [-0.2, -0.15) is 4.98 Å². The topological polar surface area (TPSA) is 29.3 Å². The minimum absolute atomic E-state index is 0.404. The molecule has 0 N–H and O–H groups in total. The maximum atomic E-state index is 5.70. The first-order valence-electron chi connectivity index (χ1n) is 5.17. The molecule has 0 atom stereocenters. The van der Waals surface area contributed by atoms with Gasteiger partial charge < -0.3 is 9.32 Å². The van der Waals surface area contributed by atoms with Crippen LogP contribution in [0.1, 0.15) is 16.1 Å². The van der Waals surface area contributed by atoms with E-state index >= 15 is 0 Å². The number of halogens is 1. The van der Waals surface area contributed by atoms with Crippen molar-refractivity contribution in [2.24, 2.45) is 0 Å². The van der Waals surface area contributed by atoms with Crippen LogP contribution in [0.2, 0.25) is 0 Å². The van der Waals surface area contributed by atoms with E-state index in [9.17, 15) is 0 Å². The van der Waals surface area contributed by atoms with Gasteiger partial charge in [-0.15, -0.1) is 22.9 Å². The van der Waals surface area contributed by atoms with Gasteiger partial charge in [0.1, 0.15) is 6.26 Å². The Bertz CT molecular complexity index is 494. The van der Waals surface area contributed by atoms with Crippen molar-refractivity contribution in [2.45, 2.75) is 18.8 Å². The normalized spacial score (nSPS) is 15.2. The highest BCUT2D eigenvalue weighted by Gasteiger charge is 2.20. The Morgan fingerprint density at radius 3 is 3.31 bits per heavy atom. The fourth-order valence-corrected chi connectivity index (χ4v) is 2.93. The molecule has 1 aliphatic rings. The summed E-state index contributed by atoms with van der Waals surface area (Å²) >= 11 is 7.54. The maximum Gasteiger partial charge on any atom is 0.297 e. The van der Waals surface area contributed by atoms with Crippen molar-refractivity contribution in [1.29, 1.82) is 0 Å². The van der Waals surface area contributed by atoms with Crippen molar-refractivity contribution in [3.63, 3.8) is 0 Å². The molecule has 0 fully saturated rings. The zero-order valence-electron chi connectivity index (χ0n) is 8.65. The number of fused-ring (bicyclic) bond motifs is 1. The van der Waals surface area contributed by atoms with Crippen LogP contribution < -0.4 is 4.90 Å². The highest BCUT2D eigenvalue weighted by atomic mass is 35.5. The van der Waals surface area contributed by atoms with Crippen LogP contribution in [0, 0.1) is 0 Å². The molecule has 0 aliphatic carbocycles. The van der Waals surface area contributed by atoms with Crippen LogP contribution in [0.4, 0.5) is 6.01 Å². The quantitative estimate of drug-likeness (QED) is 0.772. The van der Waals surface area contributed by atoms with Gasteiger partial charge >= 0.3 is 0 Å². The summed E-state index contributed by atoms with van der Waals surface area (Å²) in [4.78, 5) is 7.98. The summed E-state index contributed by atoms with van der Waals surface area (Å²) in [5, 5.41) is 2.15. The molecule has 0 saturated carbocycles. The molecule has 0 bridgehead atoms. The zero-order chi connectivity index (χ0) is 11.0. The first-order valence-corrected chi connectivity index (χ1v) is 6.59. The molecule has 1 aliphatic heterocycles. The van der Waals surface area contributed by atoms with E-state index in [2.05, 4.69) is 21.3 Å². The molecular weight excluding hydrogens is 244 g/mol. The van der Waals surface area contributed by atoms with Crippen LogP contribution in [0.15, 0.2) is 22.1 Å². The third-order valence-electron chi connectivity index (χ3n) is 2.75. The molecule has 3 rings (SSSR count). The molecule has 0 unspecified atom stereocenters. The second-order valence-corrected chi connectivity index (χ2v) is 5.06. The van der Waals surface area contributed by atoms with Crippen molar-refractivity contribution in [1.82, 2.24) is 4.98 Å². The molecule has 3 nitrogen and oxygen atoms in total. The fourth-order valence-electron chi connectivity index (χ4n) is 1.91. The van der Waals surface area contributed by atoms with Crippen LogP contribution in [0.3, 0.4) is 0 Å². The lowest BCUT2D eigenvalue weighted by atomic mass is 10.1. The molecule has 3 heterocycles. The third-order valence-corrected chi connectivity index (χ3v) is 4.05. The van der Waals surface area contributed by atoms with Crippen molar-refractivity contribution < 1.29 is 4.42 Å². The zero-order valence-corrected chi connectivity index (χ0v) is 10.2. The average molecular weight is 255 g/mol. The Kier molecular flexibility index (Phi) is 2.61. The van der Waals surface area contributed by atoms with Crippen LogP contribution in [-0.4, -0.2) is 11.5 Å². The number of oxazole rings is 1. The van der Waals surface area contributed by atoms with Gasteiger partial charge in [0, 0.05) is 18.0 Å². The molecule has 0 spiro atoms. The molecule has 0 aromatic carbocycles. The summed E-state index contributed by atoms with van der Waals surface area (Å²) in [6, 6.07) is 2.87. The van der Waals surface area contributed by atoms with E-state index in [1.54, 1.807) is 6.26 Å². The number of hydrogen-bond acceptors (Lipinski definition) is 4. The van der Waals surface area contributed by atoms with E-state index in [4.69, 9.17) is 16.0 Å². The molecule has 2 aromatic heterocycles. The molecule has 5 heteroatoms. The Labute approximate surface area is 103 Å². The standard InChI is InChI=1S/C11H11ClN2OS/c12-5-9-7-15-11(13-9)14-3-1-10-8(6-14)2-4-16-10/h2,4,7H,1,3,5-6H2. The van der Waals surface area contributed by atoms with E-state index in [0.29, 0.717) is 11.9 Å². The van der Waals surface area contributed by atoms with Crippen molar-refractivity contribution in [3.8, 4) is 0 Å². The Hall–Kier alpha value is -1.00. The first-order chi connectivity index (χ1) is 7.86. The second kappa shape index (κ2) is 4.11. The van der Waals surface area contributed by atoms with Gasteiger partial charge in [-0.25, -0.2) is 0 Å². The van der Waals surface area contributed by atoms with Crippen LogP contribution in [0.25, 0.3) is 0 Å². The van der Waals surface area contributed by atoms with Gasteiger partial charge in [0.2, 0.25) is 0 Å². The Morgan fingerprint density at radius 2 is 2.50 bits per heavy atom. The predicted octanol–water partition coefficient (Wildman–Crippen LogP) is 3.04. The molecule has 84 valence electrons. The molecule has 0 saturated heterocycles. The number of rotatable bonds is 2. The predicted molar refractivity (Wildman–Crippen MR) is 65.1 cm³/mol. The van der Waals surface area contributed by atoms with Crippen molar-refractivity contribution in [3.05, 3.63) is 33.8 Å². The number of thiophene rings is 1. The minimum Gasteiger partial charge on any atom is -0.432 e. The second-order valence-electron chi connectivity index (χ2n) is 3.80. The third kappa shape index (κ3) is 1.72. The van der Waals surface area contributed by atoms with E-state index < -0.39 is 0 Å². The van der Waals surface area contributed by atoms with E-state index in [-0.39, 0.29) is 0 Å². The van der Waals surface area contributed by atoms with E-state index in [0.717, 1.165) is 25.2 Å². The molecule has 0 amide bonds. The number of anilines is 1. The Balaban J connectivity index is 1.83. The monoisotopic (exact) mass is 254 g/mol. The first kappa shape index (κ1) is 10.2. The number of nitrogens with zero attached hydrogens (tertiary/aromatic N) is 2. The highest BCUT2D eigenvalue weighted by molar-refractivity contribution is 7.10. The summed E-state index contributed by atoms with van der Waals surface area (Å²) in [6.07, 6.45) is 2.71. The SMILES string of the molecule is ClCc1coc(N2CCc3sccc3C2)n1. The Morgan fingerprint density at radius 1 is 1.56 bits per heavy atom. The molecular formula is C11H11ClN2OS. The van der Waals surface area contributed by atoms with Gasteiger partial charge in [0.25, 0.3) is 6.01 Å². The minimum atomic E-state index is 0.404. The lowest BCUT2D eigenvalue weighted by Gasteiger charge is -2.25. The average Bonchev–Trinajstić information content (AvgIpc) is 2.96. The molecule has 0 radical (unpaired) electrons. The smallest absolute Gasteiger partial charge is 0.297 e. The molecule has 16 heavy (non-hydrogen) atoms. The van der Waals surface area contributed by atoms with Crippen molar-refractivity contribution >= 4 is 29.0 Å². The maximum absolute atomic E-state index is 5.70. The van der Waals surface area contributed by atoms with Gasteiger partial charge in [-0.05, 0) is 23.4 Å². The van der Waals surface area contributed by atoms with Gasteiger partial charge in [0.15, 0.2) is 0 Å². The lowest BCUT2D eigenvalue weighted by Crippen LogP contribution is -2.29. The molecule has 2 aromatic rings. The summed E-state index contributed by atoms with van der Waals surface area (Å²) < 4.78 is 5.42. The number of aromatic nitrogens is 1. The largest absolute Gasteiger partial charge is 0.432 e. The lowest BCUT2D eigenvalue weighted by molar-refractivity contribution is 0.525. The summed E-state index contributed by atoms with van der Waals surface area (Å²) in [6.45, 7) is 1.86. The number of alkyl halides is 1. The summed E-state index contributed by atoms with van der Waals surface area (Å²) in [7, 11) is 0. The van der Waals surface area contributed by atoms with Crippen LogP contribution >= 0.6 is 22.9 Å². The highest BCUT2D eigenvalue weighted by Crippen LogP contribution is 2.27. The van der Waals surface area contributed by atoms with Crippen LogP contribution in [0.5, 0.6) is 0 Å². The van der Waals surface area contributed by atoms with Crippen LogP contribution in [-0.2, 0) is 18.8 Å². The van der Waals surface area contributed by atoms with E-state index in [1.807, 2.05) is 11.3 Å². The van der Waals surface area contributed by atoms with E-state index in [1.165, 1.54) is 10.4 Å². The number of hydrogen-bond donors (Lipinski definition) is 0. The fraction of sp³-hybridized carbons (Fsp3) is 0.364. The van der Waals surface area contributed by atoms with Gasteiger partial charge in [-0.1, -0.05) is 0 Å². The summed E-state index contributed by atoms with van der Waals surface area (Å²) in [5.41, 5.74) is 2.19. The summed E-state index contributed by atoms with van der Waals surface area (Å²) in [5.74, 6) is 0.404. The van der Waals surface area contributed by atoms with Gasteiger partial charge in [0.05, 0.1) is 11.6 Å². The van der Waals surface area contributed by atoms with Crippen molar-refractivity contribution in [2.75, 3.05) is 11.4 Å². The van der Waals surface area contributed by atoms with Gasteiger partial charge in [-0.3, -0.25) is 0 Å².